The molecule has 0 saturated carbocycles. The fourth-order valence-corrected chi connectivity index (χ4v) is 2.97. The summed E-state index contributed by atoms with van der Waals surface area (Å²) in [6.45, 7) is 6.43. The molecule has 0 aromatic heterocycles. The lowest BCUT2D eigenvalue weighted by molar-refractivity contribution is 0.136. The van der Waals surface area contributed by atoms with Gasteiger partial charge in [-0.25, -0.2) is 0 Å². The van der Waals surface area contributed by atoms with Crippen LogP contribution in [-0.4, -0.2) is 59.0 Å². The maximum atomic E-state index is 5.57. The molecule has 0 bridgehead atoms. The Morgan fingerprint density at radius 1 is 1.31 bits per heavy atom. The summed E-state index contributed by atoms with van der Waals surface area (Å²) in [5.74, 6) is 1.76. The number of nitrogens with one attached hydrogen (secondary N) is 2. The average molecular weight is 476 g/mol. The molecule has 6 nitrogen and oxygen atoms in total. The van der Waals surface area contributed by atoms with Crippen LogP contribution in [0.15, 0.2) is 29.3 Å². The Bertz CT molecular complexity index is 542. The highest BCUT2D eigenvalue weighted by atomic mass is 127. The van der Waals surface area contributed by atoms with Gasteiger partial charge in [0.1, 0.15) is 5.75 Å². The van der Waals surface area contributed by atoms with E-state index in [-0.39, 0.29) is 24.0 Å². The third-order valence-corrected chi connectivity index (χ3v) is 4.36. The van der Waals surface area contributed by atoms with E-state index in [1.54, 1.807) is 14.2 Å². The number of hydrogen-bond donors (Lipinski definition) is 2. The minimum atomic E-state index is 0. The molecule has 1 atom stereocenters. The first-order chi connectivity index (χ1) is 12.3. The van der Waals surface area contributed by atoms with Crippen LogP contribution in [0.5, 0.6) is 5.75 Å². The van der Waals surface area contributed by atoms with Crippen molar-refractivity contribution in [3.63, 3.8) is 0 Å². The molecule has 1 unspecified atom stereocenters. The first-order valence-electron chi connectivity index (χ1n) is 9.21. The van der Waals surface area contributed by atoms with Crippen LogP contribution in [0.1, 0.15) is 26.2 Å². The molecule has 0 spiro atoms. The second-order valence-corrected chi connectivity index (χ2v) is 6.21. The number of guanidine groups is 1. The van der Waals surface area contributed by atoms with Gasteiger partial charge in [0.2, 0.25) is 0 Å². The fraction of sp³-hybridized carbons (Fsp3) is 0.632. The van der Waals surface area contributed by atoms with Crippen molar-refractivity contribution in [1.29, 1.82) is 0 Å². The maximum absolute atomic E-state index is 5.57. The zero-order valence-corrected chi connectivity index (χ0v) is 18.5. The van der Waals surface area contributed by atoms with Crippen LogP contribution in [0.4, 0.5) is 5.69 Å². The molecule has 2 N–H and O–H groups in total. The molecule has 0 radical (unpaired) electrons. The predicted molar refractivity (Wildman–Crippen MR) is 119 cm³/mol. The van der Waals surface area contributed by atoms with Gasteiger partial charge in [-0.1, -0.05) is 25.5 Å². The quantitative estimate of drug-likeness (QED) is 0.249. The number of rotatable bonds is 9. The van der Waals surface area contributed by atoms with Gasteiger partial charge in [0.15, 0.2) is 5.96 Å². The van der Waals surface area contributed by atoms with Gasteiger partial charge in [-0.2, -0.15) is 0 Å². The number of unbranched alkanes of at least 4 members (excludes halogenated alkanes) is 1. The molecule has 0 amide bonds. The Hall–Kier alpha value is -1.22. The van der Waals surface area contributed by atoms with Crippen molar-refractivity contribution < 1.29 is 9.47 Å². The van der Waals surface area contributed by atoms with Crippen LogP contribution in [-0.2, 0) is 4.74 Å². The van der Waals surface area contributed by atoms with Crippen molar-refractivity contribution in [2.24, 2.45) is 4.99 Å². The lowest BCUT2D eigenvalue weighted by atomic mass is 10.2. The zero-order chi connectivity index (χ0) is 17.9. The van der Waals surface area contributed by atoms with Crippen molar-refractivity contribution in [1.82, 2.24) is 10.6 Å². The lowest BCUT2D eigenvalue weighted by Crippen LogP contribution is -2.45. The van der Waals surface area contributed by atoms with Crippen LogP contribution < -0.4 is 20.3 Å². The second-order valence-electron chi connectivity index (χ2n) is 6.21. The third kappa shape index (κ3) is 7.19. The summed E-state index contributed by atoms with van der Waals surface area (Å²) in [6.07, 6.45) is 3.36. The Labute approximate surface area is 174 Å². The summed E-state index contributed by atoms with van der Waals surface area (Å²) in [5.41, 5.74) is 1.15. The number of para-hydroxylation sites is 2. The van der Waals surface area contributed by atoms with Crippen molar-refractivity contribution in [2.45, 2.75) is 32.2 Å². The molecule has 26 heavy (non-hydrogen) atoms. The molecule has 1 aromatic rings. The second kappa shape index (κ2) is 13.0. The number of ether oxygens (including phenoxy) is 2. The third-order valence-electron chi connectivity index (χ3n) is 4.36. The molecule has 7 heteroatoms. The molecule has 148 valence electrons. The number of anilines is 1. The molecular weight excluding hydrogens is 443 g/mol. The molecule has 1 fully saturated rings. The van der Waals surface area contributed by atoms with Crippen molar-refractivity contribution in [3.05, 3.63) is 24.3 Å². The van der Waals surface area contributed by atoms with E-state index in [4.69, 9.17) is 9.47 Å². The highest BCUT2D eigenvalue weighted by molar-refractivity contribution is 14.0. The van der Waals surface area contributed by atoms with Gasteiger partial charge >= 0.3 is 0 Å². The predicted octanol–water partition coefficient (Wildman–Crippen LogP) is 2.87. The summed E-state index contributed by atoms with van der Waals surface area (Å²) in [4.78, 5) is 6.67. The fourth-order valence-electron chi connectivity index (χ4n) is 2.97. The Morgan fingerprint density at radius 2 is 2.12 bits per heavy atom. The van der Waals surface area contributed by atoms with E-state index in [0.717, 1.165) is 56.5 Å². The first-order valence-corrected chi connectivity index (χ1v) is 9.21. The number of nitrogens with zero attached hydrogens (tertiary/aromatic N) is 2. The van der Waals surface area contributed by atoms with Gasteiger partial charge in [-0.15, -0.1) is 24.0 Å². The minimum absolute atomic E-state index is 0. The number of benzene rings is 1. The molecule has 0 aliphatic carbocycles. The maximum Gasteiger partial charge on any atom is 0.191 e. The number of aliphatic imine (C=N–C) groups is 1. The van der Waals surface area contributed by atoms with E-state index in [0.29, 0.717) is 12.6 Å². The van der Waals surface area contributed by atoms with Crippen molar-refractivity contribution >= 4 is 35.6 Å². The lowest BCUT2D eigenvalue weighted by Gasteiger charge is -2.22. The van der Waals surface area contributed by atoms with Gasteiger partial charge in [0.05, 0.1) is 19.4 Å². The normalized spacial score (nSPS) is 17.0. The molecule has 1 aliphatic rings. The van der Waals surface area contributed by atoms with Crippen molar-refractivity contribution in [3.8, 4) is 5.75 Å². The van der Waals surface area contributed by atoms with Gasteiger partial charge in [-0.05, 0) is 25.0 Å². The van der Waals surface area contributed by atoms with Crippen LogP contribution in [0.2, 0.25) is 0 Å². The van der Waals surface area contributed by atoms with E-state index in [1.165, 1.54) is 6.42 Å². The molecule has 2 rings (SSSR count). The highest BCUT2D eigenvalue weighted by Crippen LogP contribution is 2.30. The molecule has 1 heterocycles. The van der Waals surface area contributed by atoms with E-state index in [9.17, 15) is 0 Å². The largest absolute Gasteiger partial charge is 0.495 e. The number of methoxy groups -OCH3 is 1. The molecule has 1 aliphatic heterocycles. The van der Waals surface area contributed by atoms with E-state index >= 15 is 0 Å². The van der Waals surface area contributed by atoms with Gasteiger partial charge in [0, 0.05) is 39.3 Å². The Morgan fingerprint density at radius 3 is 2.85 bits per heavy atom. The smallest absolute Gasteiger partial charge is 0.191 e. The van der Waals surface area contributed by atoms with Crippen LogP contribution in [0.3, 0.4) is 0 Å². The van der Waals surface area contributed by atoms with E-state index in [1.807, 2.05) is 12.1 Å². The summed E-state index contributed by atoms with van der Waals surface area (Å²) >= 11 is 0. The summed E-state index contributed by atoms with van der Waals surface area (Å²) in [6, 6.07) is 8.55. The molecule has 1 aromatic carbocycles. The number of hydrogen-bond acceptors (Lipinski definition) is 4. The Kier molecular flexibility index (Phi) is 11.4. The molecular formula is C19H33IN4O2. The Balaban J connectivity index is 0.00000338. The summed E-state index contributed by atoms with van der Waals surface area (Å²) in [7, 11) is 3.53. The average Bonchev–Trinajstić information content (AvgIpc) is 3.11. The van der Waals surface area contributed by atoms with Gasteiger partial charge in [-0.3, -0.25) is 4.99 Å². The van der Waals surface area contributed by atoms with Gasteiger partial charge < -0.3 is 25.0 Å². The summed E-state index contributed by atoms with van der Waals surface area (Å²) in [5, 5.41) is 6.83. The molecule has 1 saturated heterocycles. The monoisotopic (exact) mass is 476 g/mol. The minimum Gasteiger partial charge on any atom is -0.495 e. The van der Waals surface area contributed by atoms with Crippen LogP contribution in [0.25, 0.3) is 0 Å². The summed E-state index contributed by atoms with van der Waals surface area (Å²) < 4.78 is 11.0. The van der Waals surface area contributed by atoms with Gasteiger partial charge in [0.25, 0.3) is 0 Å². The standard InChI is InChI=1S/C19H32N4O2.HI/c1-4-5-13-25-14-11-21-19(20-2)22-16-10-12-23(15-16)17-8-6-7-9-18(17)24-3;/h6-9,16H,4-5,10-15H2,1-3H3,(H2,20,21,22);1H. The first kappa shape index (κ1) is 22.8. The van der Waals surface area contributed by atoms with Crippen molar-refractivity contribution in [2.75, 3.05) is 51.9 Å². The van der Waals surface area contributed by atoms with E-state index in [2.05, 4.69) is 39.6 Å². The topological polar surface area (TPSA) is 58.1 Å². The zero-order valence-electron chi connectivity index (χ0n) is 16.2. The number of halogens is 1. The van der Waals surface area contributed by atoms with E-state index < -0.39 is 0 Å². The van der Waals surface area contributed by atoms with Crippen LogP contribution >= 0.6 is 24.0 Å². The SMILES string of the molecule is CCCCOCCNC(=NC)NC1CCN(c2ccccc2OC)C1.I. The van der Waals surface area contributed by atoms with Crippen LogP contribution in [0, 0.1) is 0 Å². The highest BCUT2D eigenvalue weighted by Gasteiger charge is 2.25.